The SMILES string of the molecule is Cc1cc(C(=O)NCC2CCCCO2)nc2c(C(F)(F)F)cc(C3CC3)cc12. The molecule has 1 N–H and O–H groups in total. The zero-order valence-corrected chi connectivity index (χ0v) is 15.7. The molecule has 1 aliphatic carbocycles. The molecule has 0 radical (unpaired) electrons. The van der Waals surface area contributed by atoms with E-state index in [1.165, 1.54) is 6.07 Å². The van der Waals surface area contributed by atoms with Gasteiger partial charge in [-0.1, -0.05) is 0 Å². The molecular formula is C21H23F3N2O2. The monoisotopic (exact) mass is 392 g/mol. The molecule has 1 saturated carbocycles. The number of nitrogens with zero attached hydrogens (tertiary/aromatic N) is 1. The van der Waals surface area contributed by atoms with Crippen molar-refractivity contribution in [3.8, 4) is 0 Å². The first kappa shape index (κ1) is 19.2. The minimum Gasteiger partial charge on any atom is -0.376 e. The summed E-state index contributed by atoms with van der Waals surface area (Å²) in [6.07, 6.45) is 0.190. The molecule has 7 heteroatoms. The average Bonchev–Trinajstić information content (AvgIpc) is 3.50. The zero-order chi connectivity index (χ0) is 19.9. The number of carbonyl (C=O) groups is 1. The molecule has 1 amide bonds. The molecule has 0 bridgehead atoms. The summed E-state index contributed by atoms with van der Waals surface area (Å²) in [4.78, 5) is 16.6. The fraction of sp³-hybridized carbons (Fsp3) is 0.524. The molecule has 1 unspecified atom stereocenters. The van der Waals surface area contributed by atoms with Gasteiger partial charge in [-0.25, -0.2) is 4.98 Å². The number of nitrogens with one attached hydrogen (secondary N) is 1. The van der Waals surface area contributed by atoms with Crippen LogP contribution < -0.4 is 5.32 Å². The lowest BCUT2D eigenvalue weighted by molar-refractivity contribution is -0.136. The number of fused-ring (bicyclic) bond motifs is 1. The third-order valence-electron chi connectivity index (χ3n) is 5.49. The second-order valence-electron chi connectivity index (χ2n) is 7.76. The van der Waals surface area contributed by atoms with E-state index < -0.39 is 17.6 Å². The number of alkyl halides is 3. The van der Waals surface area contributed by atoms with Gasteiger partial charge in [-0.2, -0.15) is 13.2 Å². The molecule has 2 aliphatic rings. The molecule has 1 aromatic heterocycles. The summed E-state index contributed by atoms with van der Waals surface area (Å²) in [5.74, 6) is -0.276. The van der Waals surface area contributed by atoms with Crippen LogP contribution in [0.3, 0.4) is 0 Å². The van der Waals surface area contributed by atoms with Gasteiger partial charge in [0.2, 0.25) is 0 Å². The minimum absolute atomic E-state index is 0.00508. The van der Waals surface area contributed by atoms with Gasteiger partial charge in [0, 0.05) is 18.5 Å². The van der Waals surface area contributed by atoms with Gasteiger partial charge >= 0.3 is 6.18 Å². The van der Waals surface area contributed by atoms with Gasteiger partial charge in [0.1, 0.15) is 5.69 Å². The summed E-state index contributed by atoms with van der Waals surface area (Å²) in [5, 5.41) is 3.21. The molecule has 1 aromatic carbocycles. The van der Waals surface area contributed by atoms with Gasteiger partial charge in [-0.3, -0.25) is 4.79 Å². The Balaban J connectivity index is 1.66. The molecule has 150 valence electrons. The van der Waals surface area contributed by atoms with Gasteiger partial charge in [-0.05, 0) is 74.3 Å². The number of rotatable bonds is 4. The molecule has 2 aromatic rings. The molecule has 1 saturated heterocycles. The van der Waals surface area contributed by atoms with E-state index in [0.29, 0.717) is 29.7 Å². The van der Waals surface area contributed by atoms with E-state index in [2.05, 4.69) is 10.3 Å². The Hall–Kier alpha value is -2.15. The number of aromatic nitrogens is 1. The summed E-state index contributed by atoms with van der Waals surface area (Å²) in [7, 11) is 0. The van der Waals surface area contributed by atoms with Crippen molar-refractivity contribution in [2.45, 2.75) is 57.2 Å². The number of hydrogen-bond donors (Lipinski definition) is 1. The lowest BCUT2D eigenvalue weighted by atomic mass is 9.98. The van der Waals surface area contributed by atoms with Crippen LogP contribution in [0.25, 0.3) is 10.9 Å². The highest BCUT2D eigenvalue weighted by molar-refractivity contribution is 5.97. The van der Waals surface area contributed by atoms with Crippen molar-refractivity contribution in [3.63, 3.8) is 0 Å². The number of halogens is 3. The van der Waals surface area contributed by atoms with E-state index in [9.17, 15) is 18.0 Å². The normalized spacial score (nSPS) is 20.4. The highest BCUT2D eigenvalue weighted by Crippen LogP contribution is 2.44. The molecule has 4 nitrogen and oxygen atoms in total. The fourth-order valence-corrected chi connectivity index (χ4v) is 3.76. The standard InChI is InChI=1S/C21H23F3N2O2/c1-12-8-18(20(27)25-11-15-4-2-3-7-28-15)26-19-16(12)9-14(13-5-6-13)10-17(19)21(22,23)24/h8-10,13,15H,2-7,11H2,1H3,(H,25,27). The van der Waals surface area contributed by atoms with Crippen LogP contribution >= 0.6 is 0 Å². The highest BCUT2D eigenvalue weighted by Gasteiger charge is 2.36. The van der Waals surface area contributed by atoms with Gasteiger partial charge in [0.05, 0.1) is 17.2 Å². The first-order valence-corrected chi connectivity index (χ1v) is 9.75. The Morgan fingerprint density at radius 1 is 1.21 bits per heavy atom. The summed E-state index contributed by atoms with van der Waals surface area (Å²) < 4.78 is 46.6. The van der Waals surface area contributed by atoms with Crippen molar-refractivity contribution in [1.29, 1.82) is 0 Å². The molecule has 2 fully saturated rings. The summed E-state index contributed by atoms with van der Waals surface area (Å²) in [6, 6.07) is 4.56. The fourth-order valence-electron chi connectivity index (χ4n) is 3.76. The van der Waals surface area contributed by atoms with Crippen molar-refractivity contribution in [3.05, 3.63) is 40.6 Å². The van der Waals surface area contributed by atoms with Crippen LogP contribution in [0.4, 0.5) is 13.2 Å². The van der Waals surface area contributed by atoms with E-state index in [1.54, 1.807) is 19.1 Å². The maximum Gasteiger partial charge on any atom is 0.418 e. The van der Waals surface area contributed by atoms with Crippen molar-refractivity contribution in [1.82, 2.24) is 10.3 Å². The number of benzene rings is 1. The molecule has 4 rings (SSSR count). The van der Waals surface area contributed by atoms with Crippen molar-refractivity contribution >= 4 is 16.8 Å². The number of pyridine rings is 1. The lowest BCUT2D eigenvalue weighted by Gasteiger charge is -2.22. The van der Waals surface area contributed by atoms with Gasteiger partial charge in [0.25, 0.3) is 5.91 Å². The number of carbonyl (C=O) groups excluding carboxylic acids is 1. The number of amides is 1. The van der Waals surface area contributed by atoms with E-state index in [4.69, 9.17) is 4.74 Å². The van der Waals surface area contributed by atoms with Crippen LogP contribution in [0.2, 0.25) is 0 Å². The second-order valence-corrected chi connectivity index (χ2v) is 7.76. The average molecular weight is 392 g/mol. The van der Waals surface area contributed by atoms with Crippen LogP contribution in [-0.2, 0) is 10.9 Å². The molecule has 0 spiro atoms. The first-order valence-electron chi connectivity index (χ1n) is 9.75. The Kier molecular flexibility index (Phi) is 5.04. The lowest BCUT2D eigenvalue weighted by Crippen LogP contribution is -2.35. The smallest absolute Gasteiger partial charge is 0.376 e. The van der Waals surface area contributed by atoms with Crippen LogP contribution in [0.1, 0.15) is 65.2 Å². The highest BCUT2D eigenvalue weighted by atomic mass is 19.4. The van der Waals surface area contributed by atoms with Crippen LogP contribution in [0.5, 0.6) is 0 Å². The van der Waals surface area contributed by atoms with Crippen LogP contribution in [0.15, 0.2) is 18.2 Å². The first-order chi connectivity index (χ1) is 13.3. The van der Waals surface area contributed by atoms with Crippen molar-refractivity contribution in [2.24, 2.45) is 0 Å². The summed E-state index contributed by atoms with van der Waals surface area (Å²) in [6.45, 7) is 2.73. The Morgan fingerprint density at radius 2 is 2.00 bits per heavy atom. The van der Waals surface area contributed by atoms with Crippen LogP contribution in [0, 0.1) is 6.92 Å². The minimum atomic E-state index is -4.52. The van der Waals surface area contributed by atoms with Gasteiger partial charge in [-0.15, -0.1) is 0 Å². The number of ether oxygens (including phenoxy) is 1. The summed E-state index contributed by atoms with van der Waals surface area (Å²) >= 11 is 0. The number of hydrogen-bond acceptors (Lipinski definition) is 3. The summed E-state index contributed by atoms with van der Waals surface area (Å²) in [5.41, 5.74) is 0.412. The molecular weight excluding hydrogens is 369 g/mol. The Morgan fingerprint density at radius 3 is 2.64 bits per heavy atom. The predicted molar refractivity (Wildman–Crippen MR) is 99.4 cm³/mol. The maximum atomic E-state index is 13.7. The van der Waals surface area contributed by atoms with Gasteiger partial charge < -0.3 is 10.1 Å². The largest absolute Gasteiger partial charge is 0.418 e. The quantitative estimate of drug-likeness (QED) is 0.818. The van der Waals surface area contributed by atoms with Gasteiger partial charge in [0.15, 0.2) is 0 Å². The van der Waals surface area contributed by atoms with Crippen molar-refractivity contribution in [2.75, 3.05) is 13.2 Å². The van der Waals surface area contributed by atoms with E-state index >= 15 is 0 Å². The molecule has 2 heterocycles. The van der Waals surface area contributed by atoms with E-state index in [1.807, 2.05) is 0 Å². The Bertz CT molecular complexity index is 901. The van der Waals surface area contributed by atoms with E-state index in [0.717, 1.165) is 32.1 Å². The second kappa shape index (κ2) is 7.35. The molecule has 1 aliphatic heterocycles. The van der Waals surface area contributed by atoms with E-state index in [-0.39, 0.29) is 23.2 Å². The predicted octanol–water partition coefficient (Wildman–Crippen LogP) is 4.74. The Labute approximate surface area is 161 Å². The molecule has 28 heavy (non-hydrogen) atoms. The third kappa shape index (κ3) is 3.99. The molecule has 1 atom stereocenters. The van der Waals surface area contributed by atoms with Crippen molar-refractivity contribution < 1.29 is 22.7 Å². The number of aryl methyl sites for hydroxylation is 1. The topological polar surface area (TPSA) is 51.2 Å². The van der Waals surface area contributed by atoms with Crippen LogP contribution in [-0.4, -0.2) is 30.1 Å². The maximum absolute atomic E-state index is 13.7. The third-order valence-corrected chi connectivity index (χ3v) is 5.49. The zero-order valence-electron chi connectivity index (χ0n) is 15.7.